The van der Waals surface area contributed by atoms with Gasteiger partial charge in [0.1, 0.15) is 5.75 Å². The van der Waals surface area contributed by atoms with E-state index >= 15 is 0 Å². The van der Waals surface area contributed by atoms with Gasteiger partial charge in [-0.1, -0.05) is 109 Å². The van der Waals surface area contributed by atoms with E-state index in [-0.39, 0.29) is 0 Å². The quantitative estimate of drug-likeness (QED) is 0.156. The van der Waals surface area contributed by atoms with Crippen molar-refractivity contribution < 1.29 is 9.53 Å². The van der Waals surface area contributed by atoms with Crippen molar-refractivity contribution in [2.75, 3.05) is 7.11 Å². The van der Waals surface area contributed by atoms with Gasteiger partial charge in [0.2, 0.25) is 0 Å². The van der Waals surface area contributed by atoms with Crippen molar-refractivity contribution in [2.24, 2.45) is 0 Å². The summed E-state index contributed by atoms with van der Waals surface area (Å²) in [7, 11) is 1.69. The van der Waals surface area contributed by atoms with E-state index < -0.39 is 0 Å². The molecule has 0 bridgehead atoms. The van der Waals surface area contributed by atoms with Crippen molar-refractivity contribution in [1.82, 2.24) is 9.13 Å². The van der Waals surface area contributed by atoms with Crippen molar-refractivity contribution in [2.45, 2.75) is 0 Å². The average molecular weight is 695 g/mol. The number of carbonyl (C=O) groups is 1. The molecular formula is C50H34N2O2. The van der Waals surface area contributed by atoms with Crippen LogP contribution in [0.5, 0.6) is 5.75 Å². The van der Waals surface area contributed by atoms with Gasteiger partial charge in [-0.25, -0.2) is 0 Å². The largest absolute Gasteiger partial charge is 0.496 e. The average Bonchev–Trinajstić information content (AvgIpc) is 3.76. The van der Waals surface area contributed by atoms with Gasteiger partial charge in [0.25, 0.3) is 0 Å². The van der Waals surface area contributed by atoms with E-state index in [9.17, 15) is 4.79 Å². The molecule has 0 saturated heterocycles. The summed E-state index contributed by atoms with van der Waals surface area (Å²) in [5.74, 6) is 0.713. The molecule has 4 nitrogen and oxygen atoms in total. The third-order valence-corrected chi connectivity index (χ3v) is 10.7. The smallest absolute Gasteiger partial charge is 0.150 e. The van der Waals surface area contributed by atoms with E-state index in [0.29, 0.717) is 11.3 Å². The van der Waals surface area contributed by atoms with Gasteiger partial charge in [0.05, 0.1) is 29.2 Å². The third-order valence-electron chi connectivity index (χ3n) is 10.7. The Morgan fingerprint density at radius 3 is 1.35 bits per heavy atom. The molecule has 0 N–H and O–H groups in total. The monoisotopic (exact) mass is 694 g/mol. The molecule has 4 heteroatoms. The number of hydrogen-bond acceptors (Lipinski definition) is 2. The highest BCUT2D eigenvalue weighted by Crippen LogP contribution is 2.40. The Bertz CT molecular complexity index is 3050. The Balaban J connectivity index is 1.03. The lowest BCUT2D eigenvalue weighted by molar-refractivity contribution is 0.112. The number of rotatable bonds is 7. The molecule has 0 fully saturated rings. The summed E-state index contributed by atoms with van der Waals surface area (Å²) in [6.07, 6.45) is 0.947. The minimum atomic E-state index is 0.612. The lowest BCUT2D eigenvalue weighted by Gasteiger charge is -2.14. The van der Waals surface area contributed by atoms with Gasteiger partial charge in [-0.3, -0.25) is 4.79 Å². The minimum Gasteiger partial charge on any atom is -0.496 e. The first kappa shape index (κ1) is 31.6. The molecule has 0 aliphatic heterocycles. The molecule has 8 aromatic carbocycles. The topological polar surface area (TPSA) is 36.2 Å². The van der Waals surface area contributed by atoms with Crippen molar-refractivity contribution in [3.63, 3.8) is 0 Å². The predicted molar refractivity (Wildman–Crippen MR) is 223 cm³/mol. The zero-order chi connectivity index (χ0) is 36.2. The van der Waals surface area contributed by atoms with Gasteiger partial charge >= 0.3 is 0 Å². The molecule has 10 aromatic rings. The zero-order valence-electron chi connectivity index (χ0n) is 29.6. The second kappa shape index (κ2) is 12.8. The van der Waals surface area contributed by atoms with Gasteiger partial charge in [-0.05, 0) is 101 Å². The number of aldehydes is 1. The fraction of sp³-hybridized carbons (Fsp3) is 0.0200. The minimum absolute atomic E-state index is 0.612. The van der Waals surface area contributed by atoms with Crippen LogP contribution >= 0.6 is 0 Å². The summed E-state index contributed by atoms with van der Waals surface area (Å²) in [6, 6.07) is 63.7. The van der Waals surface area contributed by atoms with E-state index in [0.717, 1.165) is 67.6 Å². The number of benzene rings is 8. The van der Waals surface area contributed by atoms with E-state index in [1.165, 1.54) is 27.1 Å². The molecule has 2 aromatic heterocycles. The lowest BCUT2D eigenvalue weighted by atomic mass is 9.93. The van der Waals surface area contributed by atoms with Gasteiger partial charge < -0.3 is 13.9 Å². The summed E-state index contributed by atoms with van der Waals surface area (Å²) in [6.45, 7) is 0. The Morgan fingerprint density at radius 2 is 0.833 bits per heavy atom. The normalized spacial score (nSPS) is 11.5. The fourth-order valence-corrected chi connectivity index (χ4v) is 8.19. The number of carbonyl (C=O) groups excluding carboxylic acids is 1. The van der Waals surface area contributed by atoms with Crippen LogP contribution in [-0.4, -0.2) is 22.5 Å². The maximum absolute atomic E-state index is 12.7. The Kier molecular flexibility index (Phi) is 7.48. The number of aromatic nitrogens is 2. The number of hydrogen-bond donors (Lipinski definition) is 0. The number of ether oxygens (including phenoxy) is 1. The van der Waals surface area contributed by atoms with Crippen molar-refractivity contribution >= 4 is 49.9 Å². The van der Waals surface area contributed by atoms with Crippen LogP contribution in [-0.2, 0) is 0 Å². The van der Waals surface area contributed by atoms with Crippen LogP contribution < -0.4 is 4.74 Å². The highest BCUT2D eigenvalue weighted by Gasteiger charge is 2.17. The first-order valence-corrected chi connectivity index (χ1v) is 18.2. The summed E-state index contributed by atoms with van der Waals surface area (Å²) < 4.78 is 10.6. The number of methoxy groups -OCH3 is 1. The number of para-hydroxylation sites is 4. The zero-order valence-corrected chi connectivity index (χ0v) is 29.6. The lowest BCUT2D eigenvalue weighted by Crippen LogP contribution is -1.94. The van der Waals surface area contributed by atoms with E-state index in [1.54, 1.807) is 7.11 Å². The Hall–Kier alpha value is -7.17. The molecule has 0 radical (unpaired) electrons. The van der Waals surface area contributed by atoms with Crippen LogP contribution in [0.3, 0.4) is 0 Å². The molecular weight excluding hydrogens is 661 g/mol. The summed E-state index contributed by atoms with van der Waals surface area (Å²) in [4.78, 5) is 12.7. The third kappa shape index (κ3) is 5.03. The molecule has 2 heterocycles. The van der Waals surface area contributed by atoms with Crippen LogP contribution in [0.1, 0.15) is 10.4 Å². The number of nitrogens with zero attached hydrogens (tertiary/aromatic N) is 2. The first-order chi connectivity index (χ1) is 26.7. The van der Waals surface area contributed by atoms with Gasteiger partial charge in [-0.15, -0.1) is 0 Å². The SMILES string of the molecule is COc1cc(-c2ccc3c(c2)c2ccccc2n3-c2ccccc2)ccc1-c1ccc(-c2ccc3c(c2)c2ccccc2n3-c2ccccc2)cc1C=O. The van der Waals surface area contributed by atoms with Crippen molar-refractivity contribution in [3.8, 4) is 50.5 Å². The number of fused-ring (bicyclic) bond motifs is 6. The van der Waals surface area contributed by atoms with Crippen LogP contribution in [0.2, 0.25) is 0 Å². The second-order valence-corrected chi connectivity index (χ2v) is 13.7. The standard InChI is InChI=1S/C50H34N2O2/c1-54-50-31-36(35-23-27-49-45(30-35)42-17-9-11-19-47(42)52(49)39-14-6-3-7-15-39)21-25-43(50)40-24-20-33(28-37(40)32-53)34-22-26-48-44(29-34)41-16-8-10-18-46(41)51(48)38-12-4-2-5-13-38/h2-32H,1H3. The maximum atomic E-state index is 12.7. The molecule has 0 aliphatic rings. The maximum Gasteiger partial charge on any atom is 0.150 e. The second-order valence-electron chi connectivity index (χ2n) is 13.7. The van der Waals surface area contributed by atoms with Crippen molar-refractivity contribution in [3.05, 3.63) is 188 Å². The molecule has 0 aliphatic carbocycles. The molecule has 256 valence electrons. The summed E-state index contributed by atoms with van der Waals surface area (Å²) in [5.41, 5.74) is 13.4. The van der Waals surface area contributed by atoms with Crippen LogP contribution in [0.25, 0.3) is 88.4 Å². The van der Waals surface area contributed by atoms with Crippen molar-refractivity contribution in [1.29, 1.82) is 0 Å². The van der Waals surface area contributed by atoms with E-state index in [2.05, 4.69) is 167 Å². The molecule has 10 rings (SSSR count). The van der Waals surface area contributed by atoms with E-state index in [4.69, 9.17) is 4.74 Å². The molecule has 0 spiro atoms. The van der Waals surface area contributed by atoms with E-state index in [1.807, 2.05) is 24.3 Å². The highest BCUT2D eigenvalue weighted by atomic mass is 16.5. The van der Waals surface area contributed by atoms with Crippen LogP contribution in [0.4, 0.5) is 0 Å². The van der Waals surface area contributed by atoms with Gasteiger partial charge in [-0.2, -0.15) is 0 Å². The van der Waals surface area contributed by atoms with Gasteiger partial charge in [0.15, 0.2) is 6.29 Å². The first-order valence-electron chi connectivity index (χ1n) is 18.2. The molecule has 0 amide bonds. The highest BCUT2D eigenvalue weighted by molar-refractivity contribution is 6.11. The van der Waals surface area contributed by atoms with Crippen LogP contribution in [0, 0.1) is 0 Å². The molecule has 0 saturated carbocycles. The molecule has 54 heavy (non-hydrogen) atoms. The molecule has 0 unspecified atom stereocenters. The summed E-state index contributed by atoms with van der Waals surface area (Å²) >= 11 is 0. The summed E-state index contributed by atoms with van der Waals surface area (Å²) in [5, 5.41) is 4.76. The van der Waals surface area contributed by atoms with Crippen LogP contribution in [0.15, 0.2) is 182 Å². The Labute approximate surface area is 312 Å². The molecule has 0 atom stereocenters. The van der Waals surface area contributed by atoms with Gasteiger partial charge in [0, 0.05) is 44.0 Å². The fourth-order valence-electron chi connectivity index (χ4n) is 8.19. The predicted octanol–water partition coefficient (Wildman–Crippen LogP) is 12.7. The Morgan fingerprint density at radius 1 is 0.407 bits per heavy atom.